The molecule has 5 heteroatoms. The number of hydrogen-bond donors (Lipinski definition) is 1. The predicted octanol–water partition coefficient (Wildman–Crippen LogP) is 6.28. The van der Waals surface area contributed by atoms with Gasteiger partial charge in [0.25, 0.3) is 5.91 Å². The van der Waals surface area contributed by atoms with Gasteiger partial charge in [0.05, 0.1) is 11.4 Å². The molecule has 0 aliphatic carbocycles. The zero-order valence-corrected chi connectivity index (χ0v) is 21.5. The van der Waals surface area contributed by atoms with E-state index in [0.29, 0.717) is 22.0 Å². The molecule has 1 N–H and O–H groups in total. The van der Waals surface area contributed by atoms with Gasteiger partial charge in [-0.25, -0.2) is 0 Å². The largest absolute Gasteiger partial charge is 0.386 e. The van der Waals surface area contributed by atoms with Gasteiger partial charge in [0, 0.05) is 23.2 Å². The van der Waals surface area contributed by atoms with Crippen LogP contribution in [-0.4, -0.2) is 35.9 Å². The topological polar surface area (TPSA) is 52.9 Å². The van der Waals surface area contributed by atoms with E-state index in [1.807, 2.05) is 67.6 Å². The van der Waals surface area contributed by atoms with Crippen molar-refractivity contribution < 1.29 is 9.90 Å². The zero-order valence-electron chi connectivity index (χ0n) is 20.8. The summed E-state index contributed by atoms with van der Waals surface area (Å²) in [4.78, 5) is 19.9. The number of rotatable bonds is 4. The van der Waals surface area contributed by atoms with Gasteiger partial charge in [0.2, 0.25) is 0 Å². The molecule has 1 aliphatic rings. The third-order valence-corrected chi connectivity index (χ3v) is 6.65. The second-order valence-corrected chi connectivity index (χ2v) is 10.5. The molecule has 1 heterocycles. The van der Waals surface area contributed by atoms with Crippen LogP contribution < -0.4 is 4.90 Å². The van der Waals surface area contributed by atoms with Crippen LogP contribution >= 0.6 is 11.6 Å². The van der Waals surface area contributed by atoms with Crippen molar-refractivity contribution in [2.24, 2.45) is 4.99 Å². The number of anilines is 1. The van der Waals surface area contributed by atoms with Crippen molar-refractivity contribution in [3.8, 4) is 0 Å². The van der Waals surface area contributed by atoms with Gasteiger partial charge in [-0.15, -0.1) is 0 Å². The van der Waals surface area contributed by atoms with Crippen LogP contribution in [-0.2, 0) is 10.2 Å². The Morgan fingerprint density at radius 1 is 1.06 bits per heavy atom. The fourth-order valence-electron chi connectivity index (χ4n) is 4.28. The lowest BCUT2D eigenvalue weighted by molar-refractivity contribution is -0.121. The normalized spacial score (nSPS) is 17.5. The van der Waals surface area contributed by atoms with Crippen molar-refractivity contribution in [1.29, 1.82) is 0 Å². The minimum Gasteiger partial charge on any atom is -0.386 e. The van der Waals surface area contributed by atoms with Crippen LogP contribution in [0.1, 0.15) is 49.9 Å². The van der Waals surface area contributed by atoms with Crippen molar-refractivity contribution in [3.05, 3.63) is 106 Å². The Kier molecular flexibility index (Phi) is 6.98. The van der Waals surface area contributed by atoms with Gasteiger partial charge in [0.15, 0.2) is 6.04 Å². The van der Waals surface area contributed by atoms with E-state index in [2.05, 4.69) is 32.9 Å². The number of halogens is 1. The number of amides is 1. The second-order valence-electron chi connectivity index (χ2n) is 10.1. The quantitative estimate of drug-likeness (QED) is 0.471. The summed E-state index contributed by atoms with van der Waals surface area (Å²) in [6, 6.07) is 22.4. The first kappa shape index (κ1) is 24.9. The molecule has 4 nitrogen and oxygen atoms in total. The minimum atomic E-state index is -1.09. The number of benzene rings is 3. The molecule has 35 heavy (non-hydrogen) atoms. The molecule has 0 saturated heterocycles. The Bertz CT molecular complexity index is 1290. The molecule has 0 aromatic heterocycles. The van der Waals surface area contributed by atoms with Crippen LogP contribution in [0, 0.1) is 0 Å². The van der Waals surface area contributed by atoms with Gasteiger partial charge in [-0.3, -0.25) is 9.79 Å². The molecule has 0 fully saturated rings. The number of benzodiazepines with no additional fused rings is 1. The predicted molar refractivity (Wildman–Crippen MR) is 146 cm³/mol. The fraction of sp³-hybridized carbons (Fsp3) is 0.267. The summed E-state index contributed by atoms with van der Waals surface area (Å²) in [6.45, 7) is 8.36. The average molecular weight is 487 g/mol. The van der Waals surface area contributed by atoms with Gasteiger partial charge in [-0.2, -0.15) is 0 Å². The first-order valence-electron chi connectivity index (χ1n) is 11.7. The number of hydrogen-bond acceptors (Lipinski definition) is 3. The van der Waals surface area contributed by atoms with Crippen LogP contribution in [0.15, 0.2) is 83.4 Å². The van der Waals surface area contributed by atoms with E-state index < -0.39 is 12.1 Å². The van der Waals surface area contributed by atoms with Crippen LogP contribution in [0.5, 0.6) is 0 Å². The van der Waals surface area contributed by atoms with E-state index in [-0.39, 0.29) is 11.3 Å². The molecule has 0 bridgehead atoms. The lowest BCUT2D eigenvalue weighted by Gasteiger charge is -2.24. The second kappa shape index (κ2) is 9.80. The summed E-state index contributed by atoms with van der Waals surface area (Å²) in [5.41, 5.74) is 5.88. The highest BCUT2D eigenvalue weighted by Crippen LogP contribution is 2.32. The number of likely N-dealkylation sites (N-methyl/N-ethyl adjacent to an activating group) is 1. The average Bonchev–Trinajstić information content (AvgIpc) is 2.93. The number of nitrogens with zero attached hydrogens (tertiary/aromatic N) is 2. The van der Waals surface area contributed by atoms with Crippen LogP contribution in [0.25, 0.3) is 6.08 Å². The first-order valence-corrected chi connectivity index (χ1v) is 12.1. The standard InChI is InChI=1S/C30H31ClN2O2/c1-19(17-20-11-13-22(14-12-20)30(2,3)4)28(34)27-29(35)33(5)25-16-15-23(31)18-24(25)26(32-27)21-9-7-6-8-10-21/h6-18,27-28,34H,1-5H3/b19-17+/t27-,28+/m0/s1. The van der Waals surface area contributed by atoms with E-state index in [0.717, 1.165) is 16.7 Å². The van der Waals surface area contributed by atoms with E-state index >= 15 is 0 Å². The Morgan fingerprint density at radius 3 is 2.34 bits per heavy atom. The number of aliphatic hydroxyl groups excluding tert-OH is 1. The molecule has 4 rings (SSSR count). The molecule has 0 spiro atoms. The SMILES string of the molecule is C/C(=C\c1ccc(C(C)(C)C)cc1)[C@@H](O)[C@@H]1N=C(c2ccccc2)c2cc(Cl)ccc2N(C)C1=O. The minimum absolute atomic E-state index is 0.0641. The summed E-state index contributed by atoms with van der Waals surface area (Å²) < 4.78 is 0. The molecule has 180 valence electrons. The monoisotopic (exact) mass is 486 g/mol. The van der Waals surface area contributed by atoms with Crippen molar-refractivity contribution in [2.75, 3.05) is 11.9 Å². The summed E-state index contributed by atoms with van der Waals surface area (Å²) >= 11 is 6.33. The smallest absolute Gasteiger partial charge is 0.254 e. The van der Waals surface area contributed by atoms with E-state index in [4.69, 9.17) is 16.6 Å². The van der Waals surface area contributed by atoms with Gasteiger partial charge >= 0.3 is 0 Å². The first-order chi connectivity index (χ1) is 16.6. The molecule has 2 atom stereocenters. The number of fused-ring (bicyclic) bond motifs is 1. The fourth-order valence-corrected chi connectivity index (χ4v) is 4.45. The van der Waals surface area contributed by atoms with Gasteiger partial charge in [0.1, 0.15) is 6.10 Å². The Hall–Kier alpha value is -3.21. The van der Waals surface area contributed by atoms with Crippen molar-refractivity contribution in [1.82, 2.24) is 0 Å². The highest BCUT2D eigenvalue weighted by Gasteiger charge is 2.35. The van der Waals surface area contributed by atoms with Crippen LogP contribution in [0.3, 0.4) is 0 Å². The van der Waals surface area contributed by atoms with Gasteiger partial charge < -0.3 is 10.0 Å². The molecule has 0 unspecified atom stereocenters. The summed E-state index contributed by atoms with van der Waals surface area (Å²) in [6.07, 6.45) is 0.826. The van der Waals surface area contributed by atoms with Gasteiger partial charge in [-0.05, 0) is 47.2 Å². The van der Waals surface area contributed by atoms with Crippen LogP contribution in [0.4, 0.5) is 5.69 Å². The van der Waals surface area contributed by atoms with E-state index in [9.17, 15) is 9.90 Å². The molecule has 3 aromatic carbocycles. The lowest BCUT2D eigenvalue weighted by atomic mass is 9.86. The third kappa shape index (κ3) is 5.24. The maximum Gasteiger partial charge on any atom is 0.254 e. The maximum absolute atomic E-state index is 13.5. The zero-order chi connectivity index (χ0) is 25.3. The summed E-state index contributed by atoms with van der Waals surface area (Å²) in [5.74, 6) is -0.275. The van der Waals surface area contributed by atoms with Crippen molar-refractivity contribution >= 4 is 35.0 Å². The van der Waals surface area contributed by atoms with Crippen molar-refractivity contribution in [3.63, 3.8) is 0 Å². The molecular formula is C30H31ClN2O2. The Morgan fingerprint density at radius 2 is 1.71 bits per heavy atom. The third-order valence-electron chi connectivity index (χ3n) is 6.41. The maximum atomic E-state index is 13.5. The Balaban J connectivity index is 1.76. The molecule has 3 aromatic rings. The van der Waals surface area contributed by atoms with E-state index in [1.165, 1.54) is 5.56 Å². The highest BCUT2D eigenvalue weighted by atomic mass is 35.5. The molecule has 0 radical (unpaired) electrons. The number of carbonyl (C=O) groups is 1. The Labute approximate surface area is 212 Å². The number of carbonyl (C=O) groups excluding carboxylic acids is 1. The summed E-state index contributed by atoms with van der Waals surface area (Å²) in [5, 5.41) is 11.9. The van der Waals surface area contributed by atoms with Gasteiger partial charge in [-0.1, -0.05) is 93.0 Å². The molecule has 1 amide bonds. The van der Waals surface area contributed by atoms with Crippen molar-refractivity contribution in [2.45, 2.75) is 45.3 Å². The number of aliphatic hydroxyl groups is 1. The summed E-state index contributed by atoms with van der Waals surface area (Å²) in [7, 11) is 1.71. The van der Waals surface area contributed by atoms with Crippen LogP contribution in [0.2, 0.25) is 5.02 Å². The molecular weight excluding hydrogens is 456 g/mol. The molecule has 1 aliphatic heterocycles. The number of aliphatic imine (C=N–C) groups is 1. The van der Waals surface area contributed by atoms with E-state index in [1.54, 1.807) is 18.0 Å². The lowest BCUT2D eigenvalue weighted by Crippen LogP contribution is -2.42. The molecule has 0 saturated carbocycles. The highest BCUT2D eigenvalue weighted by molar-refractivity contribution is 6.32.